The molecule has 0 saturated heterocycles. The maximum atomic E-state index is 12.2. The Kier molecular flexibility index (Phi) is 8.36. The number of benzene rings is 3. The van der Waals surface area contributed by atoms with Gasteiger partial charge in [-0.3, -0.25) is 4.79 Å². The molecule has 6 nitrogen and oxygen atoms in total. The minimum absolute atomic E-state index is 0.378. The van der Waals surface area contributed by atoms with E-state index in [4.69, 9.17) is 37.4 Å². The highest BCUT2D eigenvalue weighted by Gasteiger charge is 2.14. The Morgan fingerprint density at radius 3 is 2.31 bits per heavy atom. The molecule has 3 aromatic carbocycles. The Hall–Kier alpha value is -3.22. The number of hydrogen-bond acceptors (Lipinski definition) is 5. The number of nitrogens with one attached hydrogen (secondary N) is 1. The molecule has 0 aliphatic rings. The van der Waals surface area contributed by atoms with E-state index in [1.54, 1.807) is 50.4 Å². The van der Waals surface area contributed by atoms with Crippen molar-refractivity contribution in [1.29, 1.82) is 0 Å². The Bertz CT molecular complexity index is 1070. The lowest BCUT2D eigenvalue weighted by atomic mass is 10.2. The van der Waals surface area contributed by atoms with Gasteiger partial charge in [-0.05, 0) is 72.6 Å². The van der Waals surface area contributed by atoms with Gasteiger partial charge in [-0.25, -0.2) is 5.43 Å². The van der Waals surface area contributed by atoms with Crippen LogP contribution < -0.4 is 19.6 Å². The van der Waals surface area contributed by atoms with Crippen LogP contribution in [0, 0.1) is 0 Å². The highest BCUT2D eigenvalue weighted by atomic mass is 35.5. The van der Waals surface area contributed by atoms with Crippen molar-refractivity contribution in [2.45, 2.75) is 19.6 Å². The summed E-state index contributed by atoms with van der Waals surface area (Å²) in [4.78, 5) is 12.2. The van der Waals surface area contributed by atoms with Crippen LogP contribution in [0.5, 0.6) is 17.2 Å². The van der Waals surface area contributed by atoms with Gasteiger partial charge in [-0.2, -0.15) is 5.10 Å². The van der Waals surface area contributed by atoms with E-state index in [1.165, 1.54) is 6.21 Å². The Labute approximate surface area is 196 Å². The lowest BCUT2D eigenvalue weighted by molar-refractivity contribution is -0.127. The molecule has 0 spiro atoms. The number of rotatable bonds is 9. The molecule has 1 N–H and O–H groups in total. The number of carbonyl (C=O) groups is 1. The number of nitrogens with zero attached hydrogens (tertiary/aromatic N) is 1. The molecule has 3 rings (SSSR count). The first kappa shape index (κ1) is 23.4. The number of carbonyl (C=O) groups excluding carboxylic acids is 1. The molecule has 32 heavy (non-hydrogen) atoms. The molecule has 0 unspecified atom stereocenters. The van der Waals surface area contributed by atoms with Gasteiger partial charge in [0.15, 0.2) is 17.6 Å². The van der Waals surface area contributed by atoms with Gasteiger partial charge in [0.05, 0.1) is 13.3 Å². The van der Waals surface area contributed by atoms with Crippen molar-refractivity contribution in [2.24, 2.45) is 5.10 Å². The Morgan fingerprint density at radius 1 is 1.00 bits per heavy atom. The van der Waals surface area contributed by atoms with E-state index < -0.39 is 6.10 Å². The van der Waals surface area contributed by atoms with Crippen LogP contribution in [0.2, 0.25) is 10.0 Å². The third-order valence-corrected chi connectivity index (χ3v) is 4.88. The van der Waals surface area contributed by atoms with E-state index in [0.29, 0.717) is 33.9 Å². The highest BCUT2D eigenvalue weighted by Crippen LogP contribution is 2.28. The predicted molar refractivity (Wildman–Crippen MR) is 126 cm³/mol. The predicted octanol–water partition coefficient (Wildman–Crippen LogP) is 5.50. The van der Waals surface area contributed by atoms with Crippen LogP contribution in [0.4, 0.5) is 0 Å². The van der Waals surface area contributed by atoms with E-state index in [0.717, 1.165) is 11.1 Å². The smallest absolute Gasteiger partial charge is 0.280 e. The fourth-order valence-corrected chi connectivity index (χ4v) is 2.91. The lowest BCUT2D eigenvalue weighted by Crippen LogP contribution is -2.33. The number of halogens is 2. The Balaban J connectivity index is 1.54. The second-order valence-corrected chi connectivity index (χ2v) is 7.65. The van der Waals surface area contributed by atoms with E-state index in [-0.39, 0.29) is 5.91 Å². The first-order chi connectivity index (χ1) is 15.4. The quantitative estimate of drug-likeness (QED) is 0.329. The maximum Gasteiger partial charge on any atom is 0.280 e. The number of hydrazone groups is 1. The van der Waals surface area contributed by atoms with Gasteiger partial charge in [0.25, 0.3) is 5.91 Å². The van der Waals surface area contributed by atoms with Crippen LogP contribution in [0.25, 0.3) is 0 Å². The van der Waals surface area contributed by atoms with Gasteiger partial charge in [0, 0.05) is 10.0 Å². The van der Waals surface area contributed by atoms with Gasteiger partial charge in [-0.1, -0.05) is 35.3 Å². The molecule has 0 aliphatic carbocycles. The zero-order valence-corrected chi connectivity index (χ0v) is 19.1. The molecule has 3 aromatic rings. The SMILES string of the molecule is COc1cc(/C=N\NC(=O)[C@@H](C)Oc2ccc(Cl)cc2)ccc1OCc1ccc(Cl)cc1. The lowest BCUT2D eigenvalue weighted by Gasteiger charge is -2.13. The highest BCUT2D eigenvalue weighted by molar-refractivity contribution is 6.30. The minimum Gasteiger partial charge on any atom is -0.493 e. The van der Waals surface area contributed by atoms with Crippen LogP contribution in [0.1, 0.15) is 18.1 Å². The molecule has 0 aliphatic heterocycles. The summed E-state index contributed by atoms with van der Waals surface area (Å²) < 4.78 is 16.8. The summed E-state index contributed by atoms with van der Waals surface area (Å²) in [6.45, 7) is 2.01. The van der Waals surface area contributed by atoms with Gasteiger partial charge in [0.2, 0.25) is 0 Å². The third kappa shape index (κ3) is 6.90. The minimum atomic E-state index is -0.730. The van der Waals surface area contributed by atoms with Gasteiger partial charge in [0.1, 0.15) is 12.4 Å². The molecule has 0 radical (unpaired) electrons. The summed E-state index contributed by atoms with van der Waals surface area (Å²) >= 11 is 11.7. The largest absolute Gasteiger partial charge is 0.493 e. The number of methoxy groups -OCH3 is 1. The topological polar surface area (TPSA) is 69.2 Å². The molecular formula is C24H22Cl2N2O4. The maximum absolute atomic E-state index is 12.2. The second kappa shape index (κ2) is 11.4. The molecule has 1 atom stereocenters. The van der Waals surface area contributed by atoms with Crippen LogP contribution in [-0.4, -0.2) is 25.3 Å². The summed E-state index contributed by atoms with van der Waals surface area (Å²) in [5.74, 6) is 1.30. The normalized spacial score (nSPS) is 11.8. The van der Waals surface area contributed by atoms with Crippen molar-refractivity contribution in [1.82, 2.24) is 5.43 Å². The summed E-state index contributed by atoms with van der Waals surface area (Å²) in [6, 6.07) is 19.5. The molecule has 0 heterocycles. The molecule has 0 fully saturated rings. The summed E-state index contributed by atoms with van der Waals surface area (Å²) in [5.41, 5.74) is 4.18. The van der Waals surface area contributed by atoms with Gasteiger partial charge < -0.3 is 14.2 Å². The van der Waals surface area contributed by atoms with Crippen molar-refractivity contribution in [2.75, 3.05) is 7.11 Å². The molecule has 0 bridgehead atoms. The standard InChI is InChI=1S/C24H22Cl2N2O4/c1-16(32-21-10-8-20(26)9-11-21)24(29)28-27-14-18-5-12-22(23(13-18)30-2)31-15-17-3-6-19(25)7-4-17/h3-14,16H,15H2,1-2H3,(H,28,29)/b27-14-/t16-/m1/s1. The molecule has 8 heteroatoms. The van der Waals surface area contributed by atoms with Crippen molar-refractivity contribution in [3.8, 4) is 17.2 Å². The third-order valence-electron chi connectivity index (χ3n) is 4.38. The zero-order valence-electron chi connectivity index (χ0n) is 17.5. The Morgan fingerprint density at radius 2 is 1.66 bits per heavy atom. The number of hydrogen-bond donors (Lipinski definition) is 1. The van der Waals surface area contributed by atoms with Crippen molar-refractivity contribution in [3.63, 3.8) is 0 Å². The monoisotopic (exact) mass is 472 g/mol. The number of ether oxygens (including phenoxy) is 3. The van der Waals surface area contributed by atoms with E-state index in [1.807, 2.05) is 30.3 Å². The average Bonchev–Trinajstić information content (AvgIpc) is 2.80. The van der Waals surface area contributed by atoms with E-state index in [2.05, 4.69) is 10.5 Å². The summed E-state index contributed by atoms with van der Waals surface area (Å²) in [5, 5.41) is 5.26. The molecular weight excluding hydrogens is 451 g/mol. The summed E-state index contributed by atoms with van der Waals surface area (Å²) in [6.07, 6.45) is 0.782. The van der Waals surface area contributed by atoms with Gasteiger partial charge >= 0.3 is 0 Å². The molecule has 166 valence electrons. The summed E-state index contributed by atoms with van der Waals surface area (Å²) in [7, 11) is 1.56. The van der Waals surface area contributed by atoms with Crippen molar-refractivity contribution < 1.29 is 19.0 Å². The van der Waals surface area contributed by atoms with E-state index >= 15 is 0 Å². The van der Waals surface area contributed by atoms with Gasteiger partial charge in [-0.15, -0.1) is 0 Å². The molecule has 0 aromatic heterocycles. The first-order valence-electron chi connectivity index (χ1n) is 9.75. The first-order valence-corrected chi connectivity index (χ1v) is 10.5. The molecule has 1 amide bonds. The molecule has 0 saturated carbocycles. The van der Waals surface area contributed by atoms with Crippen molar-refractivity contribution in [3.05, 3.63) is 87.9 Å². The van der Waals surface area contributed by atoms with E-state index in [9.17, 15) is 4.79 Å². The zero-order chi connectivity index (χ0) is 22.9. The van der Waals surface area contributed by atoms with Crippen LogP contribution in [-0.2, 0) is 11.4 Å². The van der Waals surface area contributed by atoms with Crippen LogP contribution >= 0.6 is 23.2 Å². The second-order valence-electron chi connectivity index (χ2n) is 6.77. The fraction of sp³-hybridized carbons (Fsp3) is 0.167. The van der Waals surface area contributed by atoms with Crippen LogP contribution in [0.3, 0.4) is 0 Å². The fourth-order valence-electron chi connectivity index (χ4n) is 2.66. The number of amides is 1. The average molecular weight is 473 g/mol. The van der Waals surface area contributed by atoms with Crippen LogP contribution in [0.15, 0.2) is 71.8 Å². The van der Waals surface area contributed by atoms with Crippen molar-refractivity contribution >= 4 is 35.3 Å².